The van der Waals surface area contributed by atoms with Crippen LogP contribution in [0.2, 0.25) is 0 Å². The topological polar surface area (TPSA) is 0 Å². The van der Waals surface area contributed by atoms with Crippen molar-refractivity contribution in [2.75, 3.05) is 0 Å². The Hall–Kier alpha value is 0. The van der Waals surface area contributed by atoms with Crippen molar-refractivity contribution in [3.05, 3.63) is 13.8 Å². The zero-order chi connectivity index (χ0) is 9.40. The average Bonchev–Trinajstić information content (AvgIpc) is 2.11. The van der Waals surface area contributed by atoms with E-state index < -0.39 is 0 Å². The maximum absolute atomic E-state index is 3.91. The second-order valence-electron chi connectivity index (χ2n) is 4.07. The lowest BCUT2D eigenvalue weighted by Crippen LogP contribution is -1.95. The maximum Gasteiger partial charge on any atom is -0.0443 e. The minimum absolute atomic E-state index is 0.819. The highest BCUT2D eigenvalue weighted by molar-refractivity contribution is 4.58. The van der Waals surface area contributed by atoms with Crippen LogP contribution in [0.4, 0.5) is 0 Å². The lowest BCUT2D eigenvalue weighted by atomic mass is 9.97. The smallest absolute Gasteiger partial charge is 0.0443 e. The predicted octanol–water partition coefficient (Wildman–Crippen LogP) is 4.27. The Labute approximate surface area is 78.8 Å². The lowest BCUT2D eigenvalue weighted by molar-refractivity contribution is 0.451. The number of unbranched alkanes of at least 4 members (excludes halogenated alkanes) is 1. The van der Waals surface area contributed by atoms with Crippen LogP contribution in [0.15, 0.2) is 0 Å². The fraction of sp³-hybridized carbons (Fsp3) is 0.833. The molecule has 0 aliphatic rings. The van der Waals surface area contributed by atoms with Gasteiger partial charge in [-0.1, -0.05) is 66.2 Å². The van der Waals surface area contributed by atoms with Crippen molar-refractivity contribution < 1.29 is 0 Å². The van der Waals surface area contributed by atoms with Gasteiger partial charge in [-0.25, -0.2) is 0 Å². The van der Waals surface area contributed by atoms with Crippen molar-refractivity contribution in [3.8, 4) is 0 Å². The highest BCUT2D eigenvalue weighted by Crippen LogP contribution is 2.16. The van der Waals surface area contributed by atoms with E-state index in [1.165, 1.54) is 25.7 Å². The summed E-state index contributed by atoms with van der Waals surface area (Å²) in [6.07, 6.45) is 7.64. The summed E-state index contributed by atoms with van der Waals surface area (Å²) in [7, 11) is 0. The molecule has 2 radical (unpaired) electrons. The molecule has 12 heavy (non-hydrogen) atoms. The third-order valence-electron chi connectivity index (χ3n) is 2.63. The molecule has 0 heteroatoms. The minimum Gasteiger partial charge on any atom is -0.0625 e. The van der Waals surface area contributed by atoms with Crippen LogP contribution in [-0.4, -0.2) is 0 Å². The zero-order valence-electron chi connectivity index (χ0n) is 8.81. The van der Waals surface area contributed by atoms with Crippen LogP contribution in [0.5, 0.6) is 0 Å². The van der Waals surface area contributed by atoms with E-state index in [4.69, 9.17) is 0 Å². The van der Waals surface area contributed by atoms with Gasteiger partial charge < -0.3 is 0 Å². The van der Waals surface area contributed by atoms with Gasteiger partial charge in [-0.15, -0.1) is 0 Å². The van der Waals surface area contributed by atoms with Crippen LogP contribution in [0.1, 0.15) is 52.4 Å². The highest BCUT2D eigenvalue weighted by Gasteiger charge is 2.00. The molecule has 2 atom stereocenters. The molecule has 0 rings (SSSR count). The largest absolute Gasteiger partial charge is 0.0625 e. The molecular weight excluding hydrogens is 144 g/mol. The van der Waals surface area contributed by atoms with Crippen LogP contribution in [0, 0.1) is 25.7 Å². The Morgan fingerprint density at radius 3 is 1.42 bits per heavy atom. The van der Waals surface area contributed by atoms with E-state index in [1.807, 2.05) is 0 Å². The molecule has 2 unspecified atom stereocenters. The molecule has 72 valence electrons. The second-order valence-corrected chi connectivity index (χ2v) is 4.07. The van der Waals surface area contributed by atoms with E-state index in [0.29, 0.717) is 0 Å². The van der Waals surface area contributed by atoms with Gasteiger partial charge in [0.25, 0.3) is 0 Å². The van der Waals surface area contributed by atoms with Gasteiger partial charge in [-0.2, -0.15) is 0 Å². The van der Waals surface area contributed by atoms with Crippen molar-refractivity contribution in [1.82, 2.24) is 0 Å². The Morgan fingerprint density at radius 1 is 0.833 bits per heavy atom. The Balaban J connectivity index is 3.10. The molecule has 0 aromatic rings. The van der Waals surface area contributed by atoms with Crippen molar-refractivity contribution in [3.63, 3.8) is 0 Å². The molecular formula is C12H24. The molecule has 0 aliphatic heterocycles. The lowest BCUT2D eigenvalue weighted by Gasteiger charge is -2.10. The van der Waals surface area contributed by atoms with Gasteiger partial charge in [0.05, 0.1) is 0 Å². The van der Waals surface area contributed by atoms with E-state index in [-0.39, 0.29) is 0 Å². The van der Waals surface area contributed by atoms with Gasteiger partial charge in [0, 0.05) is 0 Å². The van der Waals surface area contributed by atoms with Crippen LogP contribution in [0.25, 0.3) is 0 Å². The SMILES string of the molecule is [CH2]CC(C)CCCCC(C)C[CH2]. The standard InChI is InChI=1S/C12H24/c1-5-11(3)9-7-8-10-12(4)6-2/h11-12H,1-2,5-10H2,3-4H3. The van der Waals surface area contributed by atoms with Crippen LogP contribution >= 0.6 is 0 Å². The Morgan fingerprint density at radius 2 is 1.17 bits per heavy atom. The van der Waals surface area contributed by atoms with Gasteiger partial charge in [0.2, 0.25) is 0 Å². The van der Waals surface area contributed by atoms with E-state index in [2.05, 4.69) is 27.7 Å². The quantitative estimate of drug-likeness (QED) is 0.498. The Kier molecular flexibility index (Phi) is 7.64. The molecule has 0 aromatic carbocycles. The molecule has 0 heterocycles. The van der Waals surface area contributed by atoms with E-state index in [9.17, 15) is 0 Å². The number of hydrogen-bond donors (Lipinski definition) is 0. The third-order valence-corrected chi connectivity index (χ3v) is 2.63. The van der Waals surface area contributed by atoms with E-state index in [0.717, 1.165) is 24.7 Å². The maximum atomic E-state index is 3.91. The molecule has 0 spiro atoms. The minimum atomic E-state index is 0.819. The van der Waals surface area contributed by atoms with Gasteiger partial charge in [0.15, 0.2) is 0 Å². The van der Waals surface area contributed by atoms with Crippen molar-refractivity contribution in [2.45, 2.75) is 52.4 Å². The van der Waals surface area contributed by atoms with E-state index in [1.54, 1.807) is 0 Å². The fourth-order valence-electron chi connectivity index (χ4n) is 1.27. The van der Waals surface area contributed by atoms with Crippen LogP contribution in [-0.2, 0) is 0 Å². The van der Waals surface area contributed by atoms with Crippen LogP contribution < -0.4 is 0 Å². The van der Waals surface area contributed by atoms with Crippen molar-refractivity contribution in [1.29, 1.82) is 0 Å². The molecule has 0 fully saturated rings. The number of hydrogen-bond acceptors (Lipinski definition) is 0. The first-order chi connectivity index (χ1) is 5.70. The van der Waals surface area contributed by atoms with Gasteiger partial charge in [0.1, 0.15) is 0 Å². The summed E-state index contributed by atoms with van der Waals surface area (Å²) in [6, 6.07) is 0. The van der Waals surface area contributed by atoms with Crippen molar-refractivity contribution >= 4 is 0 Å². The first kappa shape index (κ1) is 12.0. The van der Waals surface area contributed by atoms with Gasteiger partial charge >= 0.3 is 0 Å². The van der Waals surface area contributed by atoms with Crippen molar-refractivity contribution in [2.24, 2.45) is 11.8 Å². The Bertz CT molecular complexity index is 74.0. The van der Waals surface area contributed by atoms with Gasteiger partial charge in [-0.05, 0) is 11.8 Å². The zero-order valence-corrected chi connectivity index (χ0v) is 8.81. The normalized spacial score (nSPS) is 16.0. The summed E-state index contributed by atoms with van der Waals surface area (Å²) < 4.78 is 0. The first-order valence-corrected chi connectivity index (χ1v) is 5.29. The molecule has 0 aromatic heterocycles. The molecule has 0 saturated heterocycles. The van der Waals surface area contributed by atoms with Gasteiger partial charge in [-0.3, -0.25) is 0 Å². The highest BCUT2D eigenvalue weighted by atomic mass is 14.1. The molecule has 0 bridgehead atoms. The summed E-state index contributed by atoms with van der Waals surface area (Å²) in [5, 5.41) is 0. The summed E-state index contributed by atoms with van der Waals surface area (Å²) in [4.78, 5) is 0. The predicted molar refractivity (Wildman–Crippen MR) is 56.7 cm³/mol. The summed E-state index contributed by atoms with van der Waals surface area (Å²) in [5.74, 6) is 1.64. The fourth-order valence-corrected chi connectivity index (χ4v) is 1.27. The monoisotopic (exact) mass is 168 g/mol. The molecule has 0 amide bonds. The van der Waals surface area contributed by atoms with Crippen LogP contribution in [0.3, 0.4) is 0 Å². The second kappa shape index (κ2) is 7.64. The summed E-state index contributed by atoms with van der Waals surface area (Å²) in [6.45, 7) is 12.4. The third kappa shape index (κ3) is 6.69. The molecule has 0 aliphatic carbocycles. The molecule has 0 nitrogen and oxygen atoms in total. The average molecular weight is 168 g/mol. The summed E-state index contributed by atoms with van der Waals surface area (Å²) >= 11 is 0. The molecule has 0 N–H and O–H groups in total. The molecule has 0 saturated carbocycles. The number of rotatable bonds is 7. The van der Waals surface area contributed by atoms with E-state index >= 15 is 0 Å². The summed E-state index contributed by atoms with van der Waals surface area (Å²) in [5.41, 5.74) is 0. The first-order valence-electron chi connectivity index (χ1n) is 5.29.